The Morgan fingerprint density at radius 2 is 1.88 bits per heavy atom. The summed E-state index contributed by atoms with van der Waals surface area (Å²) >= 11 is 6.78. The summed E-state index contributed by atoms with van der Waals surface area (Å²) in [6.07, 6.45) is 4.76. The summed E-state index contributed by atoms with van der Waals surface area (Å²) in [4.78, 5) is 4.13. The zero-order valence-electron chi connectivity index (χ0n) is 23.8. The highest BCUT2D eigenvalue weighted by Crippen LogP contribution is 2.43. The molecule has 0 unspecified atom stereocenters. The van der Waals surface area contributed by atoms with Gasteiger partial charge in [-0.2, -0.15) is 5.26 Å². The fourth-order valence-corrected chi connectivity index (χ4v) is 5.52. The third kappa shape index (κ3) is 6.75. The predicted molar refractivity (Wildman–Crippen MR) is 162 cm³/mol. The normalized spacial score (nSPS) is 14.7. The van der Waals surface area contributed by atoms with Crippen LogP contribution in [-0.4, -0.2) is 29.8 Å². The van der Waals surface area contributed by atoms with E-state index < -0.39 is 0 Å². The molecule has 2 N–H and O–H groups in total. The van der Waals surface area contributed by atoms with Crippen LogP contribution in [0, 0.1) is 11.3 Å². The Labute approximate surface area is 251 Å². The Bertz CT molecular complexity index is 1590. The molecule has 1 aromatic heterocycles. The highest BCUT2D eigenvalue weighted by molar-refractivity contribution is 6.32. The first-order valence-electron chi connectivity index (χ1n) is 14.0. The van der Waals surface area contributed by atoms with E-state index in [1.54, 1.807) is 19.4 Å². The highest BCUT2D eigenvalue weighted by Gasteiger charge is 2.28. The van der Waals surface area contributed by atoms with E-state index >= 15 is 0 Å². The van der Waals surface area contributed by atoms with E-state index in [-0.39, 0.29) is 25.4 Å². The molecule has 5 rings (SSSR count). The number of aliphatic hydroxyl groups excluding tert-OH is 1. The molecule has 7 nitrogen and oxygen atoms in total. The SMILES string of the molecule is COCc1ccccc1-c1cccc2c1CC[C@@H]2Oc1cc(OCc2cncc(C#N)c2)c(CN[C@H](C)CO)cc1Cl. The number of hydrogen-bond acceptors (Lipinski definition) is 7. The van der Waals surface area contributed by atoms with E-state index in [9.17, 15) is 10.4 Å². The predicted octanol–water partition coefficient (Wildman–Crippen LogP) is 6.54. The zero-order chi connectivity index (χ0) is 29.5. The maximum Gasteiger partial charge on any atom is 0.142 e. The summed E-state index contributed by atoms with van der Waals surface area (Å²) in [5.41, 5.74) is 8.05. The molecule has 4 aromatic rings. The first-order valence-corrected chi connectivity index (χ1v) is 14.4. The summed E-state index contributed by atoms with van der Waals surface area (Å²) in [5.74, 6) is 1.15. The van der Waals surface area contributed by atoms with Crippen molar-refractivity contribution in [3.8, 4) is 28.7 Å². The number of benzene rings is 3. The van der Waals surface area contributed by atoms with Gasteiger partial charge in [-0.05, 0) is 59.7 Å². The van der Waals surface area contributed by atoms with Crippen molar-refractivity contribution in [2.75, 3.05) is 13.7 Å². The molecule has 0 bridgehead atoms. The molecule has 216 valence electrons. The molecule has 42 heavy (non-hydrogen) atoms. The number of hydrogen-bond donors (Lipinski definition) is 2. The van der Waals surface area contributed by atoms with Crippen LogP contribution in [0.15, 0.2) is 73.1 Å². The van der Waals surface area contributed by atoms with E-state index in [0.29, 0.717) is 35.2 Å². The van der Waals surface area contributed by atoms with Crippen molar-refractivity contribution in [2.24, 2.45) is 0 Å². The quantitative estimate of drug-likeness (QED) is 0.195. The molecule has 0 fully saturated rings. The summed E-state index contributed by atoms with van der Waals surface area (Å²) in [6.45, 7) is 3.13. The molecule has 2 atom stereocenters. The van der Waals surface area contributed by atoms with Crippen LogP contribution >= 0.6 is 11.6 Å². The van der Waals surface area contributed by atoms with E-state index in [1.807, 2.05) is 25.1 Å². The minimum Gasteiger partial charge on any atom is -0.488 e. The number of methoxy groups -OCH3 is 1. The summed E-state index contributed by atoms with van der Waals surface area (Å²) in [7, 11) is 1.71. The lowest BCUT2D eigenvalue weighted by Gasteiger charge is -2.20. The molecule has 0 amide bonds. The van der Waals surface area contributed by atoms with Crippen molar-refractivity contribution in [1.82, 2.24) is 10.3 Å². The number of aliphatic hydroxyl groups is 1. The standard InChI is InChI=1S/C34H34ClN3O4/c1-22(19-39)38-18-26-13-31(35)34(14-33(26)41-20-24-12-23(15-36)16-37-17-24)42-32-11-10-29-28(8-5-9-30(29)32)27-7-4-3-6-25(27)21-40-2/h3-9,12-14,16-17,22,32,38-39H,10-11,18-21H2,1-2H3/t22-,32+/m1/s1. The van der Waals surface area contributed by atoms with E-state index in [4.69, 9.17) is 25.8 Å². The van der Waals surface area contributed by atoms with Gasteiger partial charge in [-0.1, -0.05) is 54.1 Å². The van der Waals surface area contributed by atoms with Crippen molar-refractivity contribution < 1.29 is 19.3 Å². The molecule has 1 aliphatic rings. The molecular formula is C34H34ClN3O4. The smallest absolute Gasteiger partial charge is 0.142 e. The van der Waals surface area contributed by atoms with Gasteiger partial charge in [-0.15, -0.1) is 0 Å². The van der Waals surface area contributed by atoms with Crippen LogP contribution in [0.4, 0.5) is 0 Å². The number of nitrogens with zero attached hydrogens (tertiary/aromatic N) is 2. The molecule has 0 radical (unpaired) electrons. The fraction of sp³-hybridized carbons (Fsp3) is 0.294. The second-order valence-electron chi connectivity index (χ2n) is 10.4. The van der Waals surface area contributed by atoms with Gasteiger partial charge in [-0.3, -0.25) is 4.98 Å². The first-order chi connectivity index (χ1) is 20.5. The highest BCUT2D eigenvalue weighted by atomic mass is 35.5. The van der Waals surface area contributed by atoms with Gasteiger partial charge in [0.1, 0.15) is 30.3 Å². The van der Waals surface area contributed by atoms with Gasteiger partial charge in [-0.25, -0.2) is 0 Å². The van der Waals surface area contributed by atoms with Crippen LogP contribution in [0.2, 0.25) is 5.02 Å². The van der Waals surface area contributed by atoms with Gasteiger partial charge >= 0.3 is 0 Å². The van der Waals surface area contributed by atoms with Gasteiger partial charge in [0.15, 0.2) is 0 Å². The zero-order valence-corrected chi connectivity index (χ0v) is 24.5. The lowest BCUT2D eigenvalue weighted by Crippen LogP contribution is -2.28. The first kappa shape index (κ1) is 29.6. The molecule has 0 aliphatic heterocycles. The third-order valence-corrected chi connectivity index (χ3v) is 7.74. The topological polar surface area (TPSA) is 96.6 Å². The summed E-state index contributed by atoms with van der Waals surface area (Å²) in [6, 6.07) is 22.2. The average molecular weight is 584 g/mol. The molecular weight excluding hydrogens is 550 g/mol. The van der Waals surface area contributed by atoms with E-state index in [1.165, 1.54) is 22.9 Å². The Balaban J connectivity index is 1.42. The lowest BCUT2D eigenvalue weighted by atomic mass is 9.93. The maximum atomic E-state index is 9.48. The molecule has 0 spiro atoms. The van der Waals surface area contributed by atoms with Crippen molar-refractivity contribution in [2.45, 2.75) is 51.7 Å². The third-order valence-electron chi connectivity index (χ3n) is 7.44. The van der Waals surface area contributed by atoms with Crippen LogP contribution in [0.5, 0.6) is 11.5 Å². The van der Waals surface area contributed by atoms with Crippen molar-refractivity contribution in [3.05, 3.63) is 111 Å². The van der Waals surface area contributed by atoms with E-state index in [0.717, 1.165) is 35.1 Å². The maximum absolute atomic E-state index is 9.48. The minimum atomic E-state index is -0.158. The Morgan fingerprint density at radius 1 is 1.05 bits per heavy atom. The molecule has 1 aliphatic carbocycles. The number of pyridine rings is 1. The minimum absolute atomic E-state index is 0.0107. The van der Waals surface area contributed by atoms with Gasteiger partial charge < -0.3 is 24.6 Å². The van der Waals surface area contributed by atoms with Gasteiger partial charge in [0, 0.05) is 49.3 Å². The molecule has 0 saturated heterocycles. The number of halogens is 1. The van der Waals surface area contributed by atoms with Crippen molar-refractivity contribution in [3.63, 3.8) is 0 Å². The van der Waals surface area contributed by atoms with Crippen LogP contribution < -0.4 is 14.8 Å². The Hall–Kier alpha value is -3.93. The van der Waals surface area contributed by atoms with Crippen LogP contribution in [0.25, 0.3) is 11.1 Å². The number of rotatable bonds is 12. The average Bonchev–Trinajstić information content (AvgIpc) is 3.43. The van der Waals surface area contributed by atoms with Gasteiger partial charge in [0.05, 0.1) is 23.8 Å². The second kappa shape index (κ2) is 13.8. The summed E-state index contributed by atoms with van der Waals surface area (Å²) < 4.78 is 18.3. The number of nitrogens with one attached hydrogen (secondary N) is 1. The number of nitriles is 1. The van der Waals surface area contributed by atoms with Crippen LogP contribution in [0.1, 0.15) is 52.8 Å². The van der Waals surface area contributed by atoms with Gasteiger partial charge in [0.25, 0.3) is 0 Å². The molecule has 0 saturated carbocycles. The van der Waals surface area contributed by atoms with Crippen LogP contribution in [0.3, 0.4) is 0 Å². The van der Waals surface area contributed by atoms with Crippen molar-refractivity contribution >= 4 is 11.6 Å². The largest absolute Gasteiger partial charge is 0.488 e. The van der Waals surface area contributed by atoms with E-state index in [2.05, 4.69) is 52.8 Å². The van der Waals surface area contributed by atoms with Crippen molar-refractivity contribution in [1.29, 1.82) is 5.26 Å². The van der Waals surface area contributed by atoms with Gasteiger partial charge in [0.2, 0.25) is 0 Å². The Morgan fingerprint density at radius 3 is 2.69 bits per heavy atom. The summed E-state index contributed by atoms with van der Waals surface area (Å²) in [5, 5.41) is 22.5. The van der Waals surface area contributed by atoms with Crippen LogP contribution in [-0.2, 0) is 30.9 Å². The molecule has 3 aromatic carbocycles. The lowest BCUT2D eigenvalue weighted by molar-refractivity contribution is 0.185. The number of ether oxygens (including phenoxy) is 3. The number of fused-ring (bicyclic) bond motifs is 1. The second-order valence-corrected chi connectivity index (χ2v) is 10.9. The molecule has 8 heteroatoms. The fourth-order valence-electron chi connectivity index (χ4n) is 5.28. The monoisotopic (exact) mass is 583 g/mol. The Kier molecular flexibility index (Phi) is 9.73. The number of aromatic nitrogens is 1. The molecule has 1 heterocycles.